The van der Waals surface area contributed by atoms with Crippen LogP contribution in [0.4, 0.5) is 5.82 Å². The number of rotatable bonds is 6. The number of anilines is 1. The van der Waals surface area contributed by atoms with Gasteiger partial charge in [0.2, 0.25) is 5.91 Å². The summed E-state index contributed by atoms with van der Waals surface area (Å²) in [6, 6.07) is 12.4. The molecule has 0 radical (unpaired) electrons. The number of nitrogens with zero attached hydrogens (tertiary/aromatic N) is 3. The molecule has 1 aromatic carbocycles. The quantitative estimate of drug-likeness (QED) is 0.666. The van der Waals surface area contributed by atoms with Crippen LogP contribution in [0.15, 0.2) is 54.0 Å². The molecule has 4 rings (SSSR count). The monoisotopic (exact) mass is 380 g/mol. The van der Waals surface area contributed by atoms with Crippen molar-refractivity contribution in [2.75, 3.05) is 11.9 Å². The minimum Gasteiger partial charge on any atom is -0.311 e. The molecule has 1 N–H and O–H groups in total. The van der Waals surface area contributed by atoms with Crippen LogP contribution in [0.2, 0.25) is 0 Å². The van der Waals surface area contributed by atoms with Crippen molar-refractivity contribution >= 4 is 34.9 Å². The average Bonchev–Trinajstić information content (AvgIpc) is 3.38. The number of imide groups is 1. The van der Waals surface area contributed by atoms with Gasteiger partial charge in [-0.2, -0.15) is 5.10 Å². The average molecular weight is 380 g/mol. The predicted octanol–water partition coefficient (Wildman–Crippen LogP) is 2.62. The molecule has 0 fully saturated rings. The molecule has 0 bridgehead atoms. The number of thiophene rings is 1. The maximum Gasteiger partial charge on any atom is 0.261 e. The van der Waals surface area contributed by atoms with Crippen molar-refractivity contribution in [3.8, 4) is 0 Å². The number of carbonyl (C=O) groups excluding carboxylic acids is 3. The van der Waals surface area contributed by atoms with Gasteiger partial charge in [-0.15, -0.1) is 11.3 Å². The SMILES string of the molecule is O=C(CCN1C(=O)c2ccccc2C1=O)Nc1ccnn1Cc1cccs1. The molecule has 0 spiro atoms. The first kappa shape index (κ1) is 17.2. The molecule has 0 aliphatic carbocycles. The van der Waals surface area contributed by atoms with E-state index >= 15 is 0 Å². The first-order valence-electron chi connectivity index (χ1n) is 8.43. The van der Waals surface area contributed by atoms with Crippen LogP contribution in [0.25, 0.3) is 0 Å². The van der Waals surface area contributed by atoms with Crippen LogP contribution in [-0.4, -0.2) is 38.9 Å². The lowest BCUT2D eigenvalue weighted by molar-refractivity contribution is -0.116. The smallest absolute Gasteiger partial charge is 0.261 e. The van der Waals surface area contributed by atoms with Crippen molar-refractivity contribution in [1.82, 2.24) is 14.7 Å². The summed E-state index contributed by atoms with van der Waals surface area (Å²) in [5.74, 6) is -0.410. The summed E-state index contributed by atoms with van der Waals surface area (Å²) in [6.07, 6.45) is 1.64. The second-order valence-electron chi connectivity index (χ2n) is 6.06. The number of amides is 3. The van der Waals surface area contributed by atoms with Gasteiger partial charge in [0.15, 0.2) is 0 Å². The fourth-order valence-corrected chi connectivity index (χ4v) is 3.66. The minimum absolute atomic E-state index is 0.0235. The van der Waals surface area contributed by atoms with Crippen molar-refractivity contribution < 1.29 is 14.4 Å². The lowest BCUT2D eigenvalue weighted by Crippen LogP contribution is -2.33. The second kappa shape index (κ2) is 7.16. The molecule has 0 unspecified atom stereocenters. The Balaban J connectivity index is 1.37. The molecular formula is C19H16N4O3S. The Hall–Kier alpha value is -3.26. The number of benzene rings is 1. The van der Waals surface area contributed by atoms with E-state index < -0.39 is 0 Å². The Morgan fingerprint density at radius 3 is 2.44 bits per heavy atom. The summed E-state index contributed by atoms with van der Waals surface area (Å²) in [6.45, 7) is 0.607. The van der Waals surface area contributed by atoms with Crippen molar-refractivity contribution in [3.05, 3.63) is 70.0 Å². The van der Waals surface area contributed by atoms with Gasteiger partial charge in [-0.3, -0.25) is 19.3 Å². The molecule has 7 nitrogen and oxygen atoms in total. The molecule has 0 saturated heterocycles. The third kappa shape index (κ3) is 3.39. The Labute approximate surface area is 159 Å². The van der Waals surface area contributed by atoms with Crippen LogP contribution in [0.5, 0.6) is 0 Å². The Kier molecular flexibility index (Phi) is 4.55. The van der Waals surface area contributed by atoms with Gasteiger partial charge in [0.05, 0.1) is 23.9 Å². The fourth-order valence-electron chi connectivity index (χ4n) is 2.98. The zero-order chi connectivity index (χ0) is 18.8. The summed E-state index contributed by atoms with van der Waals surface area (Å²) in [5.41, 5.74) is 0.772. The normalized spacial score (nSPS) is 13.1. The van der Waals surface area contributed by atoms with Crippen molar-refractivity contribution in [2.24, 2.45) is 0 Å². The molecule has 3 amide bonds. The number of fused-ring (bicyclic) bond motifs is 1. The van der Waals surface area contributed by atoms with E-state index in [2.05, 4.69) is 10.4 Å². The van der Waals surface area contributed by atoms with Crippen LogP contribution in [0.3, 0.4) is 0 Å². The van der Waals surface area contributed by atoms with Crippen LogP contribution >= 0.6 is 11.3 Å². The first-order valence-corrected chi connectivity index (χ1v) is 9.31. The predicted molar refractivity (Wildman–Crippen MR) is 101 cm³/mol. The van der Waals surface area contributed by atoms with Gasteiger partial charge in [-0.05, 0) is 23.6 Å². The van der Waals surface area contributed by atoms with Crippen LogP contribution in [-0.2, 0) is 11.3 Å². The van der Waals surface area contributed by atoms with E-state index in [-0.39, 0.29) is 30.7 Å². The third-order valence-electron chi connectivity index (χ3n) is 4.31. The van der Waals surface area contributed by atoms with Gasteiger partial charge >= 0.3 is 0 Å². The number of hydrogen-bond donors (Lipinski definition) is 1. The highest BCUT2D eigenvalue weighted by Gasteiger charge is 2.34. The molecular weight excluding hydrogens is 364 g/mol. The Bertz CT molecular complexity index is 975. The summed E-state index contributed by atoms with van der Waals surface area (Å²) >= 11 is 1.62. The van der Waals surface area contributed by atoms with Crippen molar-refractivity contribution in [2.45, 2.75) is 13.0 Å². The Morgan fingerprint density at radius 1 is 1.04 bits per heavy atom. The van der Waals surface area contributed by atoms with E-state index in [1.165, 1.54) is 0 Å². The molecule has 8 heteroatoms. The topological polar surface area (TPSA) is 84.3 Å². The molecule has 27 heavy (non-hydrogen) atoms. The van der Waals surface area contributed by atoms with Gasteiger partial charge in [0.1, 0.15) is 5.82 Å². The van der Waals surface area contributed by atoms with Crippen molar-refractivity contribution in [1.29, 1.82) is 0 Å². The molecule has 0 saturated carbocycles. The van der Waals surface area contributed by atoms with Gasteiger partial charge in [0.25, 0.3) is 11.8 Å². The molecule has 3 heterocycles. The van der Waals surface area contributed by atoms with E-state index in [9.17, 15) is 14.4 Å². The Morgan fingerprint density at radius 2 is 1.78 bits per heavy atom. The molecule has 2 aromatic heterocycles. The summed E-state index contributed by atoms with van der Waals surface area (Å²) in [7, 11) is 0. The highest BCUT2D eigenvalue weighted by Crippen LogP contribution is 2.22. The second-order valence-corrected chi connectivity index (χ2v) is 7.09. The number of carbonyl (C=O) groups is 3. The minimum atomic E-state index is -0.355. The standard InChI is InChI=1S/C19H16N4O3S/c24-17(21-16-7-9-20-23(16)12-13-4-3-11-27-13)8-10-22-18(25)14-5-1-2-6-15(14)19(22)26/h1-7,9,11H,8,10,12H2,(H,21,24). The molecule has 1 aliphatic rings. The zero-order valence-electron chi connectivity index (χ0n) is 14.3. The van der Waals surface area contributed by atoms with Crippen LogP contribution in [0.1, 0.15) is 32.0 Å². The summed E-state index contributed by atoms with van der Waals surface area (Å²) in [5, 5.41) is 9.00. The molecule has 136 valence electrons. The highest BCUT2D eigenvalue weighted by molar-refractivity contribution is 7.09. The number of hydrogen-bond acceptors (Lipinski definition) is 5. The maximum absolute atomic E-state index is 12.3. The fraction of sp³-hybridized carbons (Fsp3) is 0.158. The maximum atomic E-state index is 12.3. The van der Waals surface area contributed by atoms with Crippen molar-refractivity contribution in [3.63, 3.8) is 0 Å². The van der Waals surface area contributed by atoms with Gasteiger partial charge in [-0.25, -0.2) is 4.68 Å². The third-order valence-corrected chi connectivity index (χ3v) is 5.17. The van der Waals surface area contributed by atoms with E-state index in [1.807, 2.05) is 17.5 Å². The molecule has 3 aromatic rings. The van der Waals surface area contributed by atoms with Gasteiger partial charge in [-0.1, -0.05) is 18.2 Å². The zero-order valence-corrected chi connectivity index (χ0v) is 15.1. The first-order chi connectivity index (χ1) is 13.1. The summed E-state index contributed by atoms with van der Waals surface area (Å²) < 4.78 is 1.70. The number of nitrogens with one attached hydrogen (secondary N) is 1. The summed E-state index contributed by atoms with van der Waals surface area (Å²) in [4.78, 5) is 39.2. The molecule has 1 aliphatic heterocycles. The largest absolute Gasteiger partial charge is 0.311 e. The van der Waals surface area contributed by atoms with E-state index in [0.717, 1.165) is 9.78 Å². The van der Waals surface area contributed by atoms with E-state index in [1.54, 1.807) is 52.5 Å². The molecule has 0 atom stereocenters. The van der Waals surface area contributed by atoms with Crippen LogP contribution < -0.4 is 5.32 Å². The van der Waals surface area contributed by atoms with Gasteiger partial charge < -0.3 is 5.32 Å². The lowest BCUT2D eigenvalue weighted by atomic mass is 10.1. The number of aromatic nitrogens is 2. The van der Waals surface area contributed by atoms with E-state index in [4.69, 9.17) is 0 Å². The van der Waals surface area contributed by atoms with Crippen LogP contribution in [0, 0.1) is 0 Å². The van der Waals surface area contributed by atoms with Gasteiger partial charge in [0, 0.05) is 23.9 Å². The highest BCUT2D eigenvalue weighted by atomic mass is 32.1. The van der Waals surface area contributed by atoms with E-state index in [0.29, 0.717) is 23.5 Å². The lowest BCUT2D eigenvalue weighted by Gasteiger charge is -2.14.